The van der Waals surface area contributed by atoms with E-state index < -0.39 is 15.6 Å². The summed E-state index contributed by atoms with van der Waals surface area (Å²) < 4.78 is 25.4. The van der Waals surface area contributed by atoms with Crippen LogP contribution in [0.25, 0.3) is 0 Å². The van der Waals surface area contributed by atoms with Gasteiger partial charge in [-0.25, -0.2) is 18.5 Å². The van der Waals surface area contributed by atoms with Crippen molar-refractivity contribution in [1.82, 2.24) is 9.97 Å². The first-order chi connectivity index (χ1) is 14.4. The molecular weight excluding hydrogens is 482 g/mol. The van der Waals surface area contributed by atoms with Gasteiger partial charge in [-0.1, -0.05) is 0 Å². The van der Waals surface area contributed by atoms with Gasteiger partial charge in [-0.05, 0) is 97.5 Å². The Balaban J connectivity index is 1.68. The van der Waals surface area contributed by atoms with E-state index >= 15 is 0 Å². The van der Waals surface area contributed by atoms with E-state index in [1.54, 1.807) is 20.0 Å². The van der Waals surface area contributed by atoms with Crippen LogP contribution in [0, 0.1) is 0 Å². The fraction of sp³-hybridized carbons (Fsp3) is 0.524. The van der Waals surface area contributed by atoms with Gasteiger partial charge in [0.15, 0.2) is 0 Å². The molecule has 1 aromatic carbocycles. The average molecular weight is 510 g/mol. The molecule has 0 aliphatic heterocycles. The molecule has 0 saturated heterocycles. The van der Waals surface area contributed by atoms with E-state index in [1.165, 1.54) is 0 Å². The fourth-order valence-electron chi connectivity index (χ4n) is 3.51. The van der Waals surface area contributed by atoms with Crippen LogP contribution in [0.4, 0.5) is 17.5 Å². The predicted octanol–water partition coefficient (Wildman–Crippen LogP) is 3.96. The highest BCUT2D eigenvalue weighted by atomic mass is 79.9. The van der Waals surface area contributed by atoms with E-state index in [0.29, 0.717) is 21.1 Å². The highest BCUT2D eigenvalue weighted by Crippen LogP contribution is 2.50. The molecule has 4 rings (SSSR count). The lowest BCUT2D eigenvalue weighted by molar-refractivity contribution is 0.0647. The molecule has 2 saturated carbocycles. The largest absolute Gasteiger partial charge is 0.388 e. The number of rotatable bonds is 8. The number of primary sulfonamides is 1. The Morgan fingerprint density at radius 2 is 1.74 bits per heavy atom. The van der Waals surface area contributed by atoms with Crippen molar-refractivity contribution in [3.63, 3.8) is 0 Å². The normalized spacial score (nSPS) is 18.0. The second-order valence-electron chi connectivity index (χ2n) is 9.11. The van der Waals surface area contributed by atoms with Crippen molar-refractivity contribution in [1.29, 1.82) is 0 Å². The van der Waals surface area contributed by atoms with Crippen molar-refractivity contribution in [2.45, 2.75) is 74.8 Å². The molecule has 10 heteroatoms. The number of nitrogens with one attached hydrogen (secondary N) is 2. The molecule has 2 aliphatic rings. The molecule has 5 N–H and O–H groups in total. The SMILES string of the molecule is C[C@@H](Nc1nc(Nc2cc(C3CC3)c(S(N)(=O)=O)c(C3CC3)c2)ncc1Br)C(C)(C)O. The van der Waals surface area contributed by atoms with Crippen molar-refractivity contribution in [3.8, 4) is 0 Å². The minimum Gasteiger partial charge on any atom is -0.388 e. The van der Waals surface area contributed by atoms with Crippen LogP contribution in [0.3, 0.4) is 0 Å². The van der Waals surface area contributed by atoms with Crippen LogP contribution in [-0.2, 0) is 10.0 Å². The Morgan fingerprint density at radius 1 is 1.19 bits per heavy atom. The first kappa shape index (κ1) is 22.4. The first-order valence-electron chi connectivity index (χ1n) is 10.4. The van der Waals surface area contributed by atoms with E-state index in [-0.39, 0.29) is 17.9 Å². The van der Waals surface area contributed by atoms with Crippen molar-refractivity contribution in [2.24, 2.45) is 5.14 Å². The highest BCUT2D eigenvalue weighted by Gasteiger charge is 2.36. The van der Waals surface area contributed by atoms with Gasteiger partial charge in [-0.15, -0.1) is 0 Å². The highest BCUT2D eigenvalue weighted by molar-refractivity contribution is 9.10. The molecule has 0 radical (unpaired) electrons. The Kier molecular flexibility index (Phi) is 5.78. The summed E-state index contributed by atoms with van der Waals surface area (Å²) in [6.07, 6.45) is 5.50. The third-order valence-corrected chi connectivity index (χ3v) is 7.50. The van der Waals surface area contributed by atoms with Crippen molar-refractivity contribution < 1.29 is 13.5 Å². The zero-order valence-electron chi connectivity index (χ0n) is 17.8. The molecule has 1 aromatic heterocycles. The minimum atomic E-state index is -3.80. The summed E-state index contributed by atoms with van der Waals surface area (Å²) in [5.41, 5.74) is 1.40. The number of benzene rings is 1. The number of nitrogens with two attached hydrogens (primary N) is 1. The van der Waals surface area contributed by atoms with Gasteiger partial charge in [-0.3, -0.25) is 0 Å². The van der Waals surface area contributed by atoms with E-state index in [9.17, 15) is 13.5 Å². The van der Waals surface area contributed by atoms with Crippen LogP contribution in [0.1, 0.15) is 69.4 Å². The summed E-state index contributed by atoms with van der Waals surface area (Å²) >= 11 is 3.44. The smallest absolute Gasteiger partial charge is 0.238 e. The van der Waals surface area contributed by atoms with Crippen LogP contribution in [0.5, 0.6) is 0 Å². The van der Waals surface area contributed by atoms with Gasteiger partial charge in [0, 0.05) is 11.9 Å². The maximum absolute atomic E-state index is 12.4. The molecule has 1 atom stereocenters. The fourth-order valence-corrected chi connectivity index (χ4v) is 4.92. The Morgan fingerprint density at radius 3 is 2.19 bits per heavy atom. The zero-order valence-corrected chi connectivity index (χ0v) is 20.2. The van der Waals surface area contributed by atoms with Crippen LogP contribution in [0.2, 0.25) is 0 Å². The van der Waals surface area contributed by atoms with Crippen LogP contribution >= 0.6 is 15.9 Å². The number of aliphatic hydroxyl groups is 1. The quantitative estimate of drug-likeness (QED) is 0.423. The summed E-state index contributed by atoms with van der Waals surface area (Å²) in [6.45, 7) is 5.33. The molecule has 8 nitrogen and oxygen atoms in total. The zero-order chi connectivity index (χ0) is 22.6. The molecule has 2 aromatic rings. The second kappa shape index (κ2) is 7.99. The molecule has 168 valence electrons. The molecule has 2 fully saturated rings. The van der Waals surface area contributed by atoms with Gasteiger partial charge in [0.2, 0.25) is 16.0 Å². The number of nitrogens with zero attached hydrogens (tertiary/aromatic N) is 2. The summed E-state index contributed by atoms with van der Waals surface area (Å²) in [7, 11) is -3.80. The van der Waals surface area contributed by atoms with E-state index in [2.05, 4.69) is 36.5 Å². The lowest BCUT2D eigenvalue weighted by atomic mass is 10.0. The maximum atomic E-state index is 12.4. The average Bonchev–Trinajstić information content (AvgIpc) is 3.54. The van der Waals surface area contributed by atoms with Crippen LogP contribution in [-0.4, -0.2) is 35.1 Å². The number of halogens is 1. The van der Waals surface area contributed by atoms with Crippen LogP contribution < -0.4 is 15.8 Å². The third kappa shape index (κ3) is 5.19. The van der Waals surface area contributed by atoms with Gasteiger partial charge >= 0.3 is 0 Å². The monoisotopic (exact) mass is 509 g/mol. The van der Waals surface area contributed by atoms with E-state index in [4.69, 9.17) is 5.14 Å². The van der Waals surface area contributed by atoms with E-state index in [1.807, 2.05) is 19.1 Å². The maximum Gasteiger partial charge on any atom is 0.238 e. The first-order valence-corrected chi connectivity index (χ1v) is 12.8. The molecule has 2 aliphatic carbocycles. The van der Waals surface area contributed by atoms with Crippen LogP contribution in [0.15, 0.2) is 27.7 Å². The Labute approximate surface area is 191 Å². The lowest BCUT2D eigenvalue weighted by Gasteiger charge is -2.27. The number of hydrogen-bond acceptors (Lipinski definition) is 7. The molecule has 1 heterocycles. The molecule has 31 heavy (non-hydrogen) atoms. The van der Waals surface area contributed by atoms with Crippen molar-refractivity contribution >= 4 is 43.4 Å². The molecular formula is C21H28BrN5O3S. The summed E-state index contributed by atoms with van der Waals surface area (Å²) in [5.74, 6) is 1.38. The van der Waals surface area contributed by atoms with Gasteiger partial charge in [0.1, 0.15) is 5.82 Å². The molecule has 0 amide bonds. The standard InChI is InChI=1S/C21H28BrN5O3S/c1-11(21(2,3)28)25-19-17(22)10-24-20(27-19)26-14-8-15(12-4-5-12)18(31(23,29)30)16(9-14)13-6-7-13/h8-13,28H,4-7H2,1-3H3,(H2,23,29,30)(H2,24,25,26,27)/t11-/m1/s1. The minimum absolute atomic E-state index is 0.225. The lowest BCUT2D eigenvalue weighted by Crippen LogP contribution is -2.39. The number of aromatic nitrogens is 2. The Bertz CT molecular complexity index is 1080. The molecule has 0 unspecified atom stereocenters. The van der Waals surface area contributed by atoms with Crippen molar-refractivity contribution in [3.05, 3.63) is 33.9 Å². The number of sulfonamides is 1. The van der Waals surface area contributed by atoms with Crippen molar-refractivity contribution in [2.75, 3.05) is 10.6 Å². The van der Waals surface area contributed by atoms with Gasteiger partial charge < -0.3 is 15.7 Å². The van der Waals surface area contributed by atoms with Gasteiger partial charge in [0.05, 0.1) is 21.0 Å². The van der Waals surface area contributed by atoms with E-state index in [0.717, 1.165) is 42.5 Å². The third-order valence-electron chi connectivity index (χ3n) is 5.88. The second-order valence-corrected chi connectivity index (χ2v) is 11.5. The Hall–Kier alpha value is -1.75. The molecule has 0 bridgehead atoms. The summed E-state index contributed by atoms with van der Waals surface area (Å²) in [4.78, 5) is 9.19. The number of anilines is 3. The summed E-state index contributed by atoms with van der Waals surface area (Å²) in [6, 6.07) is 3.48. The predicted molar refractivity (Wildman–Crippen MR) is 124 cm³/mol. The topological polar surface area (TPSA) is 130 Å². The van der Waals surface area contributed by atoms with Gasteiger partial charge in [-0.2, -0.15) is 4.98 Å². The molecule has 0 spiro atoms. The van der Waals surface area contributed by atoms with Gasteiger partial charge in [0.25, 0.3) is 0 Å². The summed E-state index contributed by atoms with van der Waals surface area (Å²) in [5, 5.41) is 22.2. The number of hydrogen-bond donors (Lipinski definition) is 4.